The van der Waals surface area contributed by atoms with Crippen molar-refractivity contribution in [1.82, 2.24) is 0 Å². The molecule has 0 spiro atoms. The SMILES string of the molecule is C[C@H](CCCc1ccccc1)CC[C@H](O)[C@]12C([C@@H]3C[C@](C)(C#CCCC(=O)O3)[C@]1(O)CCC1=CC(=O)OC1)[C@](C)(C1CCCC1)CC[C@@H]2O. The van der Waals surface area contributed by atoms with Gasteiger partial charge in [0.25, 0.3) is 0 Å². The number of rotatable bonds is 12. The van der Waals surface area contributed by atoms with Gasteiger partial charge in [0, 0.05) is 24.8 Å². The van der Waals surface area contributed by atoms with Crippen LogP contribution in [0.3, 0.4) is 0 Å². The summed E-state index contributed by atoms with van der Waals surface area (Å²) in [6, 6.07) is 10.5. The largest absolute Gasteiger partial charge is 0.462 e. The van der Waals surface area contributed by atoms with Crippen LogP contribution in [-0.4, -0.2) is 57.8 Å². The molecule has 268 valence electrons. The third-order valence-electron chi connectivity index (χ3n) is 13.8. The molecule has 7 nitrogen and oxygen atoms in total. The zero-order valence-corrected chi connectivity index (χ0v) is 29.9. The third kappa shape index (κ3) is 6.63. The minimum Gasteiger partial charge on any atom is -0.462 e. The minimum absolute atomic E-state index is 0.176. The maximum atomic E-state index is 13.7. The number of cyclic esters (lactones) is 1. The summed E-state index contributed by atoms with van der Waals surface area (Å²) >= 11 is 0. The number of benzene rings is 1. The van der Waals surface area contributed by atoms with Crippen molar-refractivity contribution in [3.63, 3.8) is 0 Å². The van der Waals surface area contributed by atoms with E-state index < -0.39 is 40.7 Å². The molecule has 5 aliphatic rings. The second kappa shape index (κ2) is 14.5. The van der Waals surface area contributed by atoms with E-state index in [0.717, 1.165) is 63.4 Å². The van der Waals surface area contributed by atoms with Gasteiger partial charge in [0.2, 0.25) is 0 Å². The monoisotopic (exact) mass is 674 g/mol. The van der Waals surface area contributed by atoms with Crippen LogP contribution in [0.5, 0.6) is 0 Å². The third-order valence-corrected chi connectivity index (χ3v) is 13.8. The maximum Gasteiger partial charge on any atom is 0.331 e. The molecule has 0 radical (unpaired) electrons. The van der Waals surface area contributed by atoms with Gasteiger partial charge in [-0.3, -0.25) is 4.79 Å². The zero-order chi connectivity index (χ0) is 34.9. The van der Waals surface area contributed by atoms with Crippen LogP contribution in [0, 0.1) is 45.8 Å². The fourth-order valence-electron chi connectivity index (χ4n) is 11.2. The summed E-state index contributed by atoms with van der Waals surface area (Å²) in [4.78, 5) is 25.4. The number of esters is 2. The van der Waals surface area contributed by atoms with Crippen molar-refractivity contribution < 1.29 is 34.4 Å². The molecule has 0 aromatic heterocycles. The molecule has 9 atom stereocenters. The molecule has 0 amide bonds. The Hall–Kier alpha value is -2.66. The highest BCUT2D eigenvalue weighted by Gasteiger charge is 2.77. The van der Waals surface area contributed by atoms with Crippen LogP contribution in [0.2, 0.25) is 0 Å². The summed E-state index contributed by atoms with van der Waals surface area (Å²) in [5, 5.41) is 39.2. The quantitative estimate of drug-likeness (QED) is 0.164. The molecule has 3 fully saturated rings. The number of fused-ring (bicyclic) bond motifs is 4. The molecule has 1 aromatic rings. The van der Waals surface area contributed by atoms with Crippen LogP contribution >= 0.6 is 0 Å². The fourth-order valence-corrected chi connectivity index (χ4v) is 11.2. The first-order valence-corrected chi connectivity index (χ1v) is 19.1. The van der Waals surface area contributed by atoms with E-state index in [1.807, 2.05) is 13.0 Å². The number of aryl methyl sites for hydroxylation is 1. The Kier molecular flexibility index (Phi) is 10.7. The van der Waals surface area contributed by atoms with E-state index in [9.17, 15) is 24.9 Å². The Morgan fingerprint density at radius 2 is 1.78 bits per heavy atom. The summed E-state index contributed by atoms with van der Waals surface area (Å²) in [5.74, 6) is 6.16. The van der Waals surface area contributed by atoms with E-state index in [2.05, 4.69) is 50.0 Å². The Balaban J connectivity index is 1.41. The predicted octanol–water partition coefficient (Wildman–Crippen LogP) is 6.85. The van der Waals surface area contributed by atoms with Crippen molar-refractivity contribution in [2.24, 2.45) is 34.0 Å². The number of hydrogen-bond donors (Lipinski definition) is 3. The predicted molar refractivity (Wildman–Crippen MR) is 188 cm³/mol. The first kappa shape index (κ1) is 36.1. The van der Waals surface area contributed by atoms with Gasteiger partial charge in [0.15, 0.2) is 0 Å². The highest BCUT2D eigenvalue weighted by molar-refractivity contribution is 5.85. The number of aliphatic hydroxyl groups is 3. The molecule has 2 aliphatic heterocycles. The molecule has 1 aromatic carbocycles. The second-order valence-corrected chi connectivity index (χ2v) is 16.7. The summed E-state index contributed by atoms with van der Waals surface area (Å²) < 4.78 is 11.7. The summed E-state index contributed by atoms with van der Waals surface area (Å²) in [6.07, 6.45) is 10.0. The smallest absolute Gasteiger partial charge is 0.331 e. The molecule has 6 rings (SSSR count). The highest BCUT2D eigenvalue weighted by atomic mass is 16.5. The van der Waals surface area contributed by atoms with Crippen molar-refractivity contribution in [3.8, 4) is 11.8 Å². The molecule has 3 aliphatic carbocycles. The maximum absolute atomic E-state index is 13.7. The number of carbonyl (C=O) groups is 2. The van der Waals surface area contributed by atoms with Gasteiger partial charge in [0.05, 0.1) is 35.1 Å². The highest BCUT2D eigenvalue weighted by Crippen LogP contribution is 2.71. The van der Waals surface area contributed by atoms with Gasteiger partial charge >= 0.3 is 11.9 Å². The van der Waals surface area contributed by atoms with Gasteiger partial charge in [-0.1, -0.05) is 69.4 Å². The number of ether oxygens (including phenoxy) is 2. The van der Waals surface area contributed by atoms with Crippen LogP contribution in [0.15, 0.2) is 42.0 Å². The Morgan fingerprint density at radius 1 is 1.02 bits per heavy atom. The van der Waals surface area contributed by atoms with Crippen LogP contribution in [0.25, 0.3) is 0 Å². The molecule has 49 heavy (non-hydrogen) atoms. The van der Waals surface area contributed by atoms with Crippen LogP contribution in [0.4, 0.5) is 0 Å². The Morgan fingerprint density at radius 3 is 2.49 bits per heavy atom. The normalized spacial score (nSPS) is 37.3. The molecule has 3 saturated carbocycles. The van der Waals surface area contributed by atoms with E-state index in [1.165, 1.54) is 11.6 Å². The van der Waals surface area contributed by atoms with Gasteiger partial charge in [-0.25, -0.2) is 4.79 Å². The van der Waals surface area contributed by atoms with Crippen LogP contribution < -0.4 is 0 Å². The van der Waals surface area contributed by atoms with Gasteiger partial charge in [-0.2, -0.15) is 0 Å². The fraction of sp³-hybridized carbons (Fsp3) is 0.714. The summed E-state index contributed by atoms with van der Waals surface area (Å²) in [5.41, 5.74) is -2.39. The van der Waals surface area contributed by atoms with Crippen molar-refractivity contribution in [1.29, 1.82) is 0 Å². The van der Waals surface area contributed by atoms with Gasteiger partial charge in [0.1, 0.15) is 12.7 Å². The lowest BCUT2D eigenvalue weighted by Crippen LogP contribution is -2.79. The molecule has 0 saturated heterocycles. The van der Waals surface area contributed by atoms with Gasteiger partial charge in [-0.05, 0) is 99.5 Å². The van der Waals surface area contributed by atoms with Crippen LogP contribution in [0.1, 0.15) is 123 Å². The second-order valence-electron chi connectivity index (χ2n) is 16.7. The molecule has 7 heteroatoms. The topological polar surface area (TPSA) is 113 Å². The van der Waals surface area contributed by atoms with E-state index >= 15 is 0 Å². The lowest BCUT2D eigenvalue weighted by atomic mass is 9.35. The first-order valence-electron chi connectivity index (χ1n) is 19.1. The summed E-state index contributed by atoms with van der Waals surface area (Å²) in [6.45, 7) is 6.64. The van der Waals surface area contributed by atoms with E-state index in [-0.39, 0.29) is 36.8 Å². The van der Waals surface area contributed by atoms with Gasteiger partial charge in [-0.15, -0.1) is 5.92 Å². The van der Waals surface area contributed by atoms with E-state index in [4.69, 9.17) is 9.47 Å². The Labute approximate surface area is 293 Å². The molecule has 1 unspecified atom stereocenters. The van der Waals surface area contributed by atoms with Crippen molar-refractivity contribution >= 4 is 11.9 Å². The number of carbonyl (C=O) groups excluding carboxylic acids is 2. The molecular formula is C42H58O7. The molecule has 2 bridgehead atoms. The number of aliphatic hydroxyl groups excluding tert-OH is 2. The van der Waals surface area contributed by atoms with Crippen molar-refractivity contribution in [2.45, 2.75) is 147 Å². The Bertz CT molecular complexity index is 1440. The average molecular weight is 675 g/mol. The minimum atomic E-state index is -1.65. The van der Waals surface area contributed by atoms with Crippen molar-refractivity contribution in [2.75, 3.05) is 6.61 Å². The first-order chi connectivity index (χ1) is 23.4. The van der Waals surface area contributed by atoms with Gasteiger partial charge < -0.3 is 24.8 Å². The number of hydrogen-bond acceptors (Lipinski definition) is 7. The lowest BCUT2D eigenvalue weighted by Gasteiger charge is -2.71. The molecular weight excluding hydrogens is 616 g/mol. The standard InChI is InChI=1S/C42H58O7/c1-29(12-11-15-30-13-5-4-6-14-30)19-20-34(43)42-35(44)22-24-40(3,32-16-7-8-17-32)38(42)33-27-39(2,23-10-9-18-36(45)49-33)41(42,47)25-21-31-26-37(46)48-28-31/h4-6,13-14,26,29,32-35,38,43-44,47H,7-9,11-12,15-22,24-25,27-28H2,1-3H3/t29-,33+,34+,35+,38?,39+,40+,41-,42+/m1/s1. The average Bonchev–Trinajstić information content (AvgIpc) is 3.78. The lowest BCUT2D eigenvalue weighted by molar-refractivity contribution is -0.337. The van der Waals surface area contributed by atoms with Crippen molar-refractivity contribution in [3.05, 3.63) is 47.5 Å². The van der Waals surface area contributed by atoms with E-state index in [1.54, 1.807) is 0 Å². The molecule has 2 heterocycles. The zero-order valence-electron chi connectivity index (χ0n) is 29.9. The van der Waals surface area contributed by atoms with Crippen LogP contribution in [-0.2, 0) is 25.5 Å². The molecule has 3 N–H and O–H groups in total. The summed E-state index contributed by atoms with van der Waals surface area (Å²) in [7, 11) is 0. The van der Waals surface area contributed by atoms with E-state index in [0.29, 0.717) is 43.9 Å².